The van der Waals surface area contributed by atoms with Crippen molar-refractivity contribution in [2.45, 2.75) is 11.8 Å². The van der Waals surface area contributed by atoms with Crippen molar-refractivity contribution in [1.29, 1.82) is 0 Å². The Morgan fingerprint density at radius 1 is 1.00 bits per heavy atom. The van der Waals surface area contributed by atoms with Crippen LogP contribution in [-0.4, -0.2) is 81.5 Å². The fourth-order valence-electron chi connectivity index (χ4n) is 5.04. The smallest absolute Gasteiger partial charge is 0.336 e. The van der Waals surface area contributed by atoms with E-state index in [1.165, 1.54) is 18.2 Å². The first-order valence-electron chi connectivity index (χ1n) is 13.4. The van der Waals surface area contributed by atoms with E-state index in [2.05, 4.69) is 32.2 Å². The lowest BCUT2D eigenvalue weighted by Crippen LogP contribution is -2.46. The highest BCUT2D eigenvalue weighted by Crippen LogP contribution is 2.39. The summed E-state index contributed by atoms with van der Waals surface area (Å²) in [6.07, 6.45) is 0. The molecule has 0 radical (unpaired) electrons. The van der Waals surface area contributed by atoms with Crippen molar-refractivity contribution in [3.8, 4) is 0 Å². The van der Waals surface area contributed by atoms with Crippen LogP contribution in [0.15, 0.2) is 71.6 Å². The second kappa shape index (κ2) is 11.8. The van der Waals surface area contributed by atoms with Crippen LogP contribution in [0.5, 0.6) is 0 Å². The third-order valence-electron chi connectivity index (χ3n) is 7.40. The summed E-state index contributed by atoms with van der Waals surface area (Å²) in [7, 11) is -1.61. The maximum Gasteiger partial charge on any atom is 0.336 e. The number of aryl methyl sites for hydroxylation is 1. The minimum Gasteiger partial charge on any atom is -0.478 e. The standard InChI is InChI=1S/C30H33N5O5S/c1-20-18-25-26(19-24(20)30(37)38)33-29(36)27(25)28(21-6-4-3-5-7-21)32-22-8-10-23(11-9-22)41(39,40)31-12-13-35-16-14-34(2)15-17-35/h3-11,18-19,31-32H,12-17H2,1-2H3,(H,33,36)(H,37,38). The van der Waals surface area contributed by atoms with Gasteiger partial charge in [0.1, 0.15) is 0 Å². The topological polar surface area (TPSA) is 131 Å². The first-order chi connectivity index (χ1) is 19.6. The molecule has 3 aromatic rings. The van der Waals surface area contributed by atoms with Crippen LogP contribution >= 0.6 is 0 Å². The van der Waals surface area contributed by atoms with Crippen molar-refractivity contribution >= 4 is 44.5 Å². The molecule has 41 heavy (non-hydrogen) atoms. The highest BCUT2D eigenvalue weighted by molar-refractivity contribution is 7.89. The lowest BCUT2D eigenvalue weighted by Gasteiger charge is -2.32. The molecule has 10 nitrogen and oxygen atoms in total. The monoisotopic (exact) mass is 575 g/mol. The molecule has 11 heteroatoms. The number of fused-ring (bicyclic) bond motifs is 1. The van der Waals surface area contributed by atoms with Gasteiger partial charge < -0.3 is 20.6 Å². The number of hydrogen-bond donors (Lipinski definition) is 4. The highest BCUT2D eigenvalue weighted by Gasteiger charge is 2.30. The molecular formula is C30H33N5O5S. The minimum atomic E-state index is -3.69. The molecule has 214 valence electrons. The van der Waals surface area contributed by atoms with Gasteiger partial charge >= 0.3 is 5.97 Å². The molecule has 2 heterocycles. The third kappa shape index (κ3) is 6.33. The van der Waals surface area contributed by atoms with Gasteiger partial charge in [-0.25, -0.2) is 17.9 Å². The van der Waals surface area contributed by atoms with Crippen LogP contribution in [0.25, 0.3) is 11.3 Å². The lowest BCUT2D eigenvalue weighted by atomic mass is 9.96. The van der Waals surface area contributed by atoms with Gasteiger partial charge in [-0.2, -0.15) is 0 Å². The van der Waals surface area contributed by atoms with Crippen molar-refractivity contribution in [2.24, 2.45) is 0 Å². The first kappa shape index (κ1) is 28.5. The molecule has 0 atom stereocenters. The van der Waals surface area contributed by atoms with Gasteiger partial charge in [0.25, 0.3) is 5.91 Å². The Bertz CT molecular complexity index is 1600. The normalized spacial score (nSPS) is 17.2. The number of carboxylic acids is 1. The second-order valence-electron chi connectivity index (χ2n) is 10.3. The lowest BCUT2D eigenvalue weighted by molar-refractivity contribution is -0.110. The summed E-state index contributed by atoms with van der Waals surface area (Å²) in [5.74, 6) is -1.43. The van der Waals surface area contributed by atoms with Crippen LogP contribution in [0, 0.1) is 6.92 Å². The Morgan fingerprint density at radius 3 is 2.34 bits per heavy atom. The fourth-order valence-corrected chi connectivity index (χ4v) is 6.06. The van der Waals surface area contributed by atoms with Crippen molar-refractivity contribution in [2.75, 3.05) is 56.9 Å². The van der Waals surface area contributed by atoms with Crippen LogP contribution in [0.4, 0.5) is 11.4 Å². The Hall–Kier alpha value is -4.03. The van der Waals surface area contributed by atoms with E-state index in [0.717, 1.165) is 31.7 Å². The number of carbonyl (C=O) groups excluding carboxylic acids is 1. The maximum atomic E-state index is 13.2. The first-order valence-corrected chi connectivity index (χ1v) is 14.9. The molecule has 5 rings (SSSR count). The van der Waals surface area contributed by atoms with Crippen molar-refractivity contribution in [1.82, 2.24) is 14.5 Å². The van der Waals surface area contributed by atoms with Crippen molar-refractivity contribution in [3.05, 3.63) is 89.0 Å². The summed E-state index contributed by atoms with van der Waals surface area (Å²) in [6, 6.07) is 18.8. The Labute approximate surface area is 239 Å². The van der Waals surface area contributed by atoms with Crippen LogP contribution < -0.4 is 15.4 Å². The molecule has 1 fully saturated rings. The molecular weight excluding hydrogens is 542 g/mol. The predicted octanol–water partition coefficient (Wildman–Crippen LogP) is 3.15. The second-order valence-corrected chi connectivity index (χ2v) is 12.0. The average molecular weight is 576 g/mol. The van der Waals surface area contributed by atoms with Crippen LogP contribution in [-0.2, 0) is 14.8 Å². The Morgan fingerprint density at radius 2 is 1.68 bits per heavy atom. The fraction of sp³-hybridized carbons (Fsp3) is 0.267. The zero-order valence-corrected chi connectivity index (χ0v) is 23.8. The van der Waals surface area contributed by atoms with Crippen molar-refractivity contribution in [3.63, 3.8) is 0 Å². The largest absolute Gasteiger partial charge is 0.478 e. The third-order valence-corrected chi connectivity index (χ3v) is 8.88. The number of anilines is 2. The number of rotatable bonds is 9. The quantitative estimate of drug-likeness (QED) is 0.286. The maximum absolute atomic E-state index is 13.2. The minimum absolute atomic E-state index is 0.119. The van der Waals surface area contributed by atoms with Crippen LogP contribution in [0.2, 0.25) is 0 Å². The van der Waals surface area contributed by atoms with E-state index in [1.807, 2.05) is 30.3 Å². The summed E-state index contributed by atoms with van der Waals surface area (Å²) < 4.78 is 28.5. The Balaban J connectivity index is 1.39. The number of amides is 1. The van der Waals surface area contributed by atoms with Crippen LogP contribution in [0.3, 0.4) is 0 Å². The van der Waals surface area contributed by atoms with Gasteiger partial charge in [-0.15, -0.1) is 0 Å². The van der Waals surface area contributed by atoms with Gasteiger partial charge in [-0.1, -0.05) is 30.3 Å². The van der Waals surface area contributed by atoms with E-state index in [4.69, 9.17) is 0 Å². The zero-order chi connectivity index (χ0) is 29.1. The number of piperazine rings is 1. The molecule has 1 saturated heterocycles. The summed E-state index contributed by atoms with van der Waals surface area (Å²) in [6.45, 7) is 6.45. The van der Waals surface area contributed by atoms with Gasteiger partial charge in [0.05, 0.1) is 27.4 Å². The van der Waals surface area contributed by atoms with Gasteiger partial charge in [0, 0.05) is 50.5 Å². The summed E-state index contributed by atoms with van der Waals surface area (Å²) in [5, 5.41) is 15.6. The van der Waals surface area contributed by atoms with Gasteiger partial charge in [-0.3, -0.25) is 9.69 Å². The number of nitrogens with zero attached hydrogens (tertiary/aromatic N) is 2. The molecule has 2 aliphatic rings. The summed E-state index contributed by atoms with van der Waals surface area (Å²) in [4.78, 5) is 29.5. The van der Waals surface area contributed by atoms with E-state index in [0.29, 0.717) is 46.9 Å². The molecule has 0 aromatic heterocycles. The van der Waals surface area contributed by atoms with E-state index in [-0.39, 0.29) is 16.4 Å². The SMILES string of the molecule is Cc1cc2c(cc1C(=O)O)NC(=O)C2=C(Nc1ccc(S(=O)(=O)NCCN2CCN(C)CC2)cc1)c1ccccc1. The molecule has 0 unspecified atom stereocenters. The number of sulfonamides is 1. The zero-order valence-electron chi connectivity index (χ0n) is 23.0. The molecule has 4 N–H and O–H groups in total. The molecule has 0 bridgehead atoms. The number of carboxylic acid groups (broad SMARTS) is 1. The van der Waals surface area contributed by atoms with Gasteiger partial charge in [0.2, 0.25) is 10.0 Å². The van der Waals surface area contributed by atoms with Crippen LogP contribution in [0.1, 0.15) is 27.0 Å². The van der Waals surface area contributed by atoms with Gasteiger partial charge in [-0.05, 0) is 61.5 Å². The molecule has 0 spiro atoms. The van der Waals surface area contributed by atoms with Crippen molar-refractivity contribution < 1.29 is 23.1 Å². The summed E-state index contributed by atoms with van der Waals surface area (Å²) in [5.41, 5.74) is 3.89. The number of hydrogen-bond acceptors (Lipinski definition) is 7. The van der Waals surface area contributed by atoms with E-state index in [9.17, 15) is 23.1 Å². The molecule has 2 aliphatic heterocycles. The molecule has 0 aliphatic carbocycles. The highest BCUT2D eigenvalue weighted by atomic mass is 32.2. The number of nitrogens with one attached hydrogen (secondary N) is 3. The number of benzene rings is 3. The predicted molar refractivity (Wildman–Crippen MR) is 159 cm³/mol. The molecule has 0 saturated carbocycles. The number of likely N-dealkylation sites (N-methyl/N-ethyl adjacent to an activating group) is 1. The Kier molecular flexibility index (Phi) is 8.22. The number of carbonyl (C=O) groups is 2. The number of aromatic carboxylic acids is 1. The van der Waals surface area contributed by atoms with Gasteiger partial charge in [0.15, 0.2) is 0 Å². The average Bonchev–Trinajstić information content (AvgIpc) is 3.27. The van der Waals surface area contributed by atoms with E-state index < -0.39 is 16.0 Å². The van der Waals surface area contributed by atoms with E-state index in [1.54, 1.807) is 25.1 Å². The summed E-state index contributed by atoms with van der Waals surface area (Å²) >= 11 is 0. The molecule has 1 amide bonds. The van der Waals surface area contributed by atoms with E-state index >= 15 is 0 Å². The molecule has 3 aromatic carbocycles.